The zero-order valence-electron chi connectivity index (χ0n) is 13.1. The second-order valence-electron chi connectivity index (χ2n) is 4.97. The Balaban J connectivity index is 2.44. The third-order valence-corrected chi connectivity index (χ3v) is 3.68. The minimum atomic E-state index is 0.427. The predicted octanol–water partition coefficient (Wildman–Crippen LogP) is 3.01. The molecule has 112 valence electrons. The van der Waals surface area contributed by atoms with Crippen molar-refractivity contribution in [1.29, 1.82) is 0 Å². The van der Waals surface area contributed by atoms with E-state index < -0.39 is 0 Å². The van der Waals surface area contributed by atoms with Crippen LogP contribution in [-0.4, -0.2) is 23.1 Å². The number of benzene rings is 1. The number of nitrogens with zero attached hydrogens (tertiary/aromatic N) is 3. The summed E-state index contributed by atoms with van der Waals surface area (Å²) >= 11 is 0. The van der Waals surface area contributed by atoms with E-state index in [1.54, 1.807) is 0 Å². The summed E-state index contributed by atoms with van der Waals surface area (Å²) in [5.74, 6) is 0.762. The second kappa shape index (κ2) is 7.18. The number of rotatable bonds is 6. The van der Waals surface area contributed by atoms with Crippen LogP contribution in [0.4, 0.5) is 5.95 Å². The van der Waals surface area contributed by atoms with Crippen LogP contribution >= 0.6 is 0 Å². The Morgan fingerprint density at radius 1 is 1.00 bits per heavy atom. The van der Waals surface area contributed by atoms with Crippen molar-refractivity contribution in [1.82, 2.24) is 9.97 Å². The molecule has 4 nitrogen and oxygen atoms in total. The van der Waals surface area contributed by atoms with Crippen LogP contribution in [0.15, 0.2) is 30.3 Å². The number of hydrogen-bond acceptors (Lipinski definition) is 4. The van der Waals surface area contributed by atoms with E-state index in [0.717, 1.165) is 42.4 Å². The van der Waals surface area contributed by atoms with Crippen LogP contribution in [0.25, 0.3) is 11.3 Å². The fourth-order valence-electron chi connectivity index (χ4n) is 2.30. The quantitative estimate of drug-likeness (QED) is 0.886. The molecule has 2 N–H and O–H groups in total. The highest BCUT2D eigenvalue weighted by atomic mass is 15.2. The fourth-order valence-corrected chi connectivity index (χ4v) is 2.30. The summed E-state index contributed by atoms with van der Waals surface area (Å²) in [5, 5.41) is 0. The predicted molar refractivity (Wildman–Crippen MR) is 88.3 cm³/mol. The first-order valence-electron chi connectivity index (χ1n) is 7.64. The monoisotopic (exact) mass is 284 g/mol. The van der Waals surface area contributed by atoms with Gasteiger partial charge < -0.3 is 10.6 Å². The second-order valence-corrected chi connectivity index (χ2v) is 4.97. The van der Waals surface area contributed by atoms with E-state index in [9.17, 15) is 0 Å². The molecule has 0 unspecified atom stereocenters. The van der Waals surface area contributed by atoms with E-state index in [1.807, 2.05) is 6.07 Å². The third kappa shape index (κ3) is 3.58. The molecule has 0 atom stereocenters. The number of aromatic nitrogens is 2. The van der Waals surface area contributed by atoms with Gasteiger partial charge in [-0.3, -0.25) is 0 Å². The van der Waals surface area contributed by atoms with Gasteiger partial charge in [0.15, 0.2) is 0 Å². The molecule has 0 aliphatic rings. The van der Waals surface area contributed by atoms with Gasteiger partial charge in [0.25, 0.3) is 0 Å². The lowest BCUT2D eigenvalue weighted by atomic mass is 10.1. The molecule has 0 bridgehead atoms. The van der Waals surface area contributed by atoms with Crippen LogP contribution in [0.1, 0.15) is 32.0 Å². The number of nitrogens with two attached hydrogens (primary N) is 1. The van der Waals surface area contributed by atoms with Gasteiger partial charge in [-0.05, 0) is 31.9 Å². The maximum absolute atomic E-state index is 5.79. The van der Waals surface area contributed by atoms with Crippen molar-refractivity contribution in [3.8, 4) is 11.3 Å². The van der Waals surface area contributed by atoms with E-state index in [2.05, 4.69) is 54.9 Å². The van der Waals surface area contributed by atoms with Crippen LogP contribution in [-0.2, 0) is 13.0 Å². The van der Waals surface area contributed by atoms with E-state index in [4.69, 9.17) is 10.7 Å². The molecule has 0 amide bonds. The lowest BCUT2D eigenvalue weighted by Gasteiger charge is -2.20. The lowest BCUT2D eigenvalue weighted by Crippen LogP contribution is -2.25. The highest BCUT2D eigenvalue weighted by molar-refractivity contribution is 5.61. The van der Waals surface area contributed by atoms with Crippen LogP contribution in [0, 0.1) is 0 Å². The summed E-state index contributed by atoms with van der Waals surface area (Å²) in [7, 11) is 0. The molecule has 1 aromatic heterocycles. The maximum Gasteiger partial charge on any atom is 0.226 e. The molecule has 21 heavy (non-hydrogen) atoms. The van der Waals surface area contributed by atoms with Gasteiger partial charge in [-0.2, -0.15) is 0 Å². The summed E-state index contributed by atoms with van der Waals surface area (Å²) in [5.41, 5.74) is 10.0. The van der Waals surface area contributed by atoms with Crippen LogP contribution in [0.3, 0.4) is 0 Å². The van der Waals surface area contributed by atoms with Gasteiger partial charge in [0, 0.05) is 25.2 Å². The van der Waals surface area contributed by atoms with Crippen molar-refractivity contribution < 1.29 is 0 Å². The Kier molecular flexibility index (Phi) is 5.28. The van der Waals surface area contributed by atoms with E-state index in [0.29, 0.717) is 6.54 Å². The summed E-state index contributed by atoms with van der Waals surface area (Å²) in [4.78, 5) is 11.4. The Morgan fingerprint density at radius 3 is 2.19 bits per heavy atom. The molecule has 1 aromatic carbocycles. The number of anilines is 1. The molecule has 0 aliphatic carbocycles. The van der Waals surface area contributed by atoms with Gasteiger partial charge in [-0.15, -0.1) is 0 Å². The van der Waals surface area contributed by atoms with Gasteiger partial charge in [0.05, 0.1) is 11.4 Å². The van der Waals surface area contributed by atoms with Gasteiger partial charge in [-0.25, -0.2) is 9.97 Å². The molecule has 0 aliphatic heterocycles. The number of aryl methyl sites for hydroxylation is 1. The van der Waals surface area contributed by atoms with Crippen molar-refractivity contribution in [2.24, 2.45) is 5.73 Å². The molecule has 0 saturated heterocycles. The van der Waals surface area contributed by atoms with Crippen LogP contribution in [0.5, 0.6) is 0 Å². The smallest absolute Gasteiger partial charge is 0.226 e. The molecule has 0 spiro atoms. The molecule has 2 rings (SSSR count). The largest absolute Gasteiger partial charge is 0.341 e. The van der Waals surface area contributed by atoms with Crippen molar-refractivity contribution in [2.75, 3.05) is 18.0 Å². The van der Waals surface area contributed by atoms with E-state index in [1.165, 1.54) is 5.56 Å². The average molecular weight is 284 g/mol. The topological polar surface area (TPSA) is 55.0 Å². The van der Waals surface area contributed by atoms with Crippen LogP contribution < -0.4 is 10.6 Å². The fraction of sp³-hybridized carbons (Fsp3) is 0.412. The van der Waals surface area contributed by atoms with E-state index >= 15 is 0 Å². The first-order chi connectivity index (χ1) is 10.2. The highest BCUT2D eigenvalue weighted by Crippen LogP contribution is 2.21. The van der Waals surface area contributed by atoms with Gasteiger partial charge in [-0.1, -0.05) is 31.2 Å². The minimum absolute atomic E-state index is 0.427. The molecule has 2 aromatic rings. The third-order valence-electron chi connectivity index (χ3n) is 3.68. The standard InChI is InChI=1S/C17H24N4/c1-4-13-7-9-14(10-8-13)16-11-15(12-18)19-17(20-16)21(5-2)6-3/h7-11H,4-6,12,18H2,1-3H3. The summed E-state index contributed by atoms with van der Waals surface area (Å²) < 4.78 is 0. The molecule has 0 fully saturated rings. The lowest BCUT2D eigenvalue weighted by molar-refractivity contribution is 0.809. The molecule has 0 radical (unpaired) electrons. The van der Waals surface area contributed by atoms with Crippen LogP contribution in [0.2, 0.25) is 0 Å². The van der Waals surface area contributed by atoms with Gasteiger partial charge in [0.2, 0.25) is 5.95 Å². The highest BCUT2D eigenvalue weighted by Gasteiger charge is 2.10. The zero-order valence-corrected chi connectivity index (χ0v) is 13.1. The molecule has 4 heteroatoms. The zero-order chi connectivity index (χ0) is 15.2. The van der Waals surface area contributed by atoms with Gasteiger partial charge >= 0.3 is 0 Å². The average Bonchev–Trinajstić information content (AvgIpc) is 2.55. The minimum Gasteiger partial charge on any atom is -0.341 e. The normalized spacial score (nSPS) is 10.7. The van der Waals surface area contributed by atoms with Crippen molar-refractivity contribution in [3.05, 3.63) is 41.6 Å². The maximum atomic E-state index is 5.79. The van der Waals surface area contributed by atoms with Gasteiger partial charge in [0.1, 0.15) is 0 Å². The Bertz CT molecular complexity index is 574. The Labute approximate surface area is 127 Å². The molecular weight excluding hydrogens is 260 g/mol. The Morgan fingerprint density at radius 2 is 1.67 bits per heavy atom. The molecular formula is C17H24N4. The summed E-state index contributed by atoms with van der Waals surface area (Å²) in [6.07, 6.45) is 1.04. The molecule has 0 saturated carbocycles. The van der Waals surface area contributed by atoms with Crippen molar-refractivity contribution in [2.45, 2.75) is 33.7 Å². The first kappa shape index (κ1) is 15.4. The SMILES string of the molecule is CCc1ccc(-c2cc(CN)nc(N(CC)CC)n2)cc1. The first-order valence-corrected chi connectivity index (χ1v) is 7.64. The molecule has 1 heterocycles. The number of hydrogen-bond donors (Lipinski definition) is 1. The van der Waals surface area contributed by atoms with Crippen molar-refractivity contribution >= 4 is 5.95 Å². The van der Waals surface area contributed by atoms with Crippen molar-refractivity contribution in [3.63, 3.8) is 0 Å². The Hall–Kier alpha value is -1.94. The summed E-state index contributed by atoms with van der Waals surface area (Å²) in [6, 6.07) is 10.5. The summed E-state index contributed by atoms with van der Waals surface area (Å²) in [6.45, 7) is 8.58. The van der Waals surface area contributed by atoms with E-state index in [-0.39, 0.29) is 0 Å².